The maximum absolute atomic E-state index is 8.59. The van der Waals surface area contributed by atoms with E-state index < -0.39 is 5.79 Å². The van der Waals surface area contributed by atoms with Crippen LogP contribution in [0.25, 0.3) is 0 Å². The molecule has 0 fully saturated rings. The van der Waals surface area contributed by atoms with Crippen molar-refractivity contribution in [1.82, 2.24) is 10.6 Å². The fourth-order valence-electron chi connectivity index (χ4n) is 1.79. The predicted molar refractivity (Wildman–Crippen MR) is 88.0 cm³/mol. The molecule has 0 aromatic heterocycles. The van der Waals surface area contributed by atoms with Gasteiger partial charge in [0, 0.05) is 6.54 Å². The van der Waals surface area contributed by atoms with Crippen molar-refractivity contribution in [3.05, 3.63) is 23.5 Å². The normalized spacial score (nSPS) is 13.6. The van der Waals surface area contributed by atoms with Crippen LogP contribution in [0.3, 0.4) is 0 Å². The highest BCUT2D eigenvalue weighted by atomic mass is 17.2. The molecule has 0 bridgehead atoms. The molecular weight excluding hydrogens is 284 g/mol. The average Bonchev–Trinajstić information content (AvgIpc) is 2.46. The van der Waals surface area contributed by atoms with E-state index in [9.17, 15) is 0 Å². The highest BCUT2D eigenvalue weighted by molar-refractivity contribution is 5.03. The van der Waals surface area contributed by atoms with Gasteiger partial charge in [-0.15, -0.1) is 0 Å². The zero-order valence-electron chi connectivity index (χ0n) is 14.5. The van der Waals surface area contributed by atoms with Crippen LogP contribution in [0, 0.1) is 5.92 Å². The summed E-state index contributed by atoms with van der Waals surface area (Å²) in [5.74, 6) is -0.717. The van der Waals surface area contributed by atoms with Crippen LogP contribution in [0.1, 0.15) is 53.9 Å². The number of hydrogen-bond donors (Lipinski definition) is 4. The van der Waals surface area contributed by atoms with E-state index in [4.69, 9.17) is 10.5 Å². The first kappa shape index (κ1) is 20.9. The Morgan fingerprint density at radius 3 is 2.23 bits per heavy atom. The Kier molecular flexibility index (Phi) is 10.9. The third kappa shape index (κ3) is 10.6. The SMILES string of the molecule is C/C(=C\NC/C(C)=C/NCC(C)(OO)OO)CCCC(C)C. The molecule has 0 unspecified atom stereocenters. The summed E-state index contributed by atoms with van der Waals surface area (Å²) in [6.45, 7) is 10.8. The molecular formula is C16H32N2O4. The van der Waals surface area contributed by atoms with Crippen molar-refractivity contribution in [2.45, 2.75) is 59.7 Å². The minimum atomic E-state index is -1.48. The van der Waals surface area contributed by atoms with Crippen LogP contribution in [0.2, 0.25) is 0 Å². The lowest BCUT2D eigenvalue weighted by atomic mass is 10.0. The summed E-state index contributed by atoms with van der Waals surface area (Å²) < 4.78 is 0. The van der Waals surface area contributed by atoms with E-state index >= 15 is 0 Å². The van der Waals surface area contributed by atoms with Crippen molar-refractivity contribution in [3.63, 3.8) is 0 Å². The molecule has 0 aliphatic carbocycles. The summed E-state index contributed by atoms with van der Waals surface area (Å²) in [5.41, 5.74) is 2.42. The molecule has 4 N–H and O–H groups in total. The van der Waals surface area contributed by atoms with E-state index in [0.29, 0.717) is 6.54 Å². The van der Waals surface area contributed by atoms with Gasteiger partial charge in [-0.3, -0.25) is 0 Å². The molecule has 0 atom stereocenters. The summed E-state index contributed by atoms with van der Waals surface area (Å²) >= 11 is 0. The van der Waals surface area contributed by atoms with E-state index in [1.165, 1.54) is 25.3 Å². The molecule has 130 valence electrons. The number of rotatable bonds is 12. The van der Waals surface area contributed by atoms with Crippen LogP contribution in [-0.2, 0) is 9.78 Å². The second-order valence-corrected chi connectivity index (χ2v) is 6.35. The van der Waals surface area contributed by atoms with Crippen molar-refractivity contribution in [2.24, 2.45) is 5.92 Å². The molecule has 0 amide bonds. The van der Waals surface area contributed by atoms with Crippen LogP contribution < -0.4 is 10.6 Å². The smallest absolute Gasteiger partial charge is 0.247 e. The fraction of sp³-hybridized carbons (Fsp3) is 0.750. The molecule has 0 radical (unpaired) electrons. The first-order valence-corrected chi connectivity index (χ1v) is 7.76. The Morgan fingerprint density at radius 2 is 1.68 bits per heavy atom. The largest absolute Gasteiger partial charge is 0.387 e. The lowest BCUT2D eigenvalue weighted by Gasteiger charge is -2.21. The quantitative estimate of drug-likeness (QED) is 0.251. The van der Waals surface area contributed by atoms with E-state index in [0.717, 1.165) is 17.9 Å². The van der Waals surface area contributed by atoms with Gasteiger partial charge in [0.15, 0.2) is 0 Å². The van der Waals surface area contributed by atoms with Crippen molar-refractivity contribution < 1.29 is 20.3 Å². The summed E-state index contributed by atoms with van der Waals surface area (Å²) in [5, 5.41) is 23.4. The average molecular weight is 316 g/mol. The maximum Gasteiger partial charge on any atom is 0.247 e. The molecule has 0 aromatic rings. The standard InChI is InChI=1S/C16H32N2O4/c1-13(2)7-6-8-14(3)9-17-10-15(4)11-18-12-16(5,21-19)22-20/h9,11,13,17-20H,6-8,10,12H2,1-5H3/b14-9+,15-11+. The van der Waals surface area contributed by atoms with Crippen molar-refractivity contribution in [1.29, 1.82) is 0 Å². The predicted octanol–water partition coefficient (Wildman–Crippen LogP) is 3.49. The van der Waals surface area contributed by atoms with Crippen LogP contribution in [0.4, 0.5) is 0 Å². The number of hydrogen-bond acceptors (Lipinski definition) is 6. The highest BCUT2D eigenvalue weighted by Gasteiger charge is 2.26. The molecule has 22 heavy (non-hydrogen) atoms. The first-order valence-electron chi connectivity index (χ1n) is 7.76. The van der Waals surface area contributed by atoms with E-state index in [-0.39, 0.29) is 6.54 Å². The van der Waals surface area contributed by atoms with Crippen molar-refractivity contribution in [2.75, 3.05) is 13.1 Å². The fourth-order valence-corrected chi connectivity index (χ4v) is 1.79. The number of allylic oxidation sites excluding steroid dienone is 1. The Hall–Kier alpha value is -1.08. The molecule has 0 heterocycles. The molecule has 6 nitrogen and oxygen atoms in total. The van der Waals surface area contributed by atoms with E-state index in [1.807, 2.05) is 6.92 Å². The van der Waals surface area contributed by atoms with Gasteiger partial charge in [-0.1, -0.05) is 25.8 Å². The lowest BCUT2D eigenvalue weighted by molar-refractivity contribution is -0.477. The van der Waals surface area contributed by atoms with Gasteiger partial charge in [-0.05, 0) is 57.5 Å². The second-order valence-electron chi connectivity index (χ2n) is 6.35. The molecule has 0 aliphatic heterocycles. The zero-order chi connectivity index (χ0) is 17.0. The highest BCUT2D eigenvalue weighted by Crippen LogP contribution is 2.11. The van der Waals surface area contributed by atoms with Crippen molar-refractivity contribution in [3.8, 4) is 0 Å². The molecule has 0 saturated heterocycles. The van der Waals surface area contributed by atoms with Crippen molar-refractivity contribution >= 4 is 0 Å². The minimum absolute atomic E-state index is 0.113. The Labute approximate surface area is 134 Å². The van der Waals surface area contributed by atoms with Crippen LogP contribution in [0.5, 0.6) is 0 Å². The summed E-state index contributed by atoms with van der Waals surface area (Å²) in [7, 11) is 0. The monoisotopic (exact) mass is 316 g/mol. The van der Waals surface area contributed by atoms with Gasteiger partial charge >= 0.3 is 0 Å². The van der Waals surface area contributed by atoms with Gasteiger partial charge in [0.2, 0.25) is 5.79 Å². The maximum atomic E-state index is 8.59. The Balaban J connectivity index is 3.96. The van der Waals surface area contributed by atoms with Crippen LogP contribution in [-0.4, -0.2) is 29.4 Å². The third-order valence-corrected chi connectivity index (χ3v) is 3.24. The Morgan fingerprint density at radius 1 is 1.09 bits per heavy atom. The first-order chi connectivity index (χ1) is 10.3. The van der Waals surface area contributed by atoms with E-state index in [2.05, 4.69) is 47.4 Å². The van der Waals surface area contributed by atoms with Gasteiger partial charge in [0.1, 0.15) is 0 Å². The summed E-state index contributed by atoms with van der Waals surface area (Å²) in [6.07, 6.45) is 7.43. The lowest BCUT2D eigenvalue weighted by Crippen LogP contribution is -2.40. The zero-order valence-corrected chi connectivity index (χ0v) is 14.5. The molecule has 0 aromatic carbocycles. The topological polar surface area (TPSA) is 83.0 Å². The Bertz CT molecular complexity index is 350. The second kappa shape index (κ2) is 11.5. The minimum Gasteiger partial charge on any atom is -0.387 e. The summed E-state index contributed by atoms with van der Waals surface area (Å²) in [6, 6.07) is 0. The van der Waals surface area contributed by atoms with E-state index in [1.54, 1.807) is 6.20 Å². The summed E-state index contributed by atoms with van der Waals surface area (Å²) in [4.78, 5) is 8.09. The molecule has 6 heteroatoms. The van der Waals surface area contributed by atoms with Gasteiger partial charge in [0.25, 0.3) is 0 Å². The third-order valence-electron chi connectivity index (χ3n) is 3.24. The van der Waals surface area contributed by atoms with Crippen LogP contribution >= 0.6 is 0 Å². The number of nitrogens with one attached hydrogen (secondary N) is 2. The molecule has 0 aliphatic rings. The van der Waals surface area contributed by atoms with Crippen LogP contribution in [0.15, 0.2) is 23.5 Å². The molecule has 0 spiro atoms. The van der Waals surface area contributed by atoms with Gasteiger partial charge in [-0.2, -0.15) is 9.78 Å². The van der Waals surface area contributed by atoms with Gasteiger partial charge in [-0.25, -0.2) is 10.5 Å². The molecule has 0 rings (SSSR count). The molecule has 0 saturated carbocycles. The van der Waals surface area contributed by atoms with Gasteiger partial charge in [0.05, 0.1) is 6.54 Å². The van der Waals surface area contributed by atoms with Gasteiger partial charge < -0.3 is 10.6 Å².